The van der Waals surface area contributed by atoms with Crippen molar-refractivity contribution in [1.29, 1.82) is 0 Å². The minimum atomic E-state index is 0.273. The third-order valence-electron chi connectivity index (χ3n) is 3.41. The van der Waals surface area contributed by atoms with Gasteiger partial charge in [0.25, 0.3) is 0 Å². The first-order valence-electron chi connectivity index (χ1n) is 6.59. The van der Waals surface area contributed by atoms with Crippen LogP contribution < -0.4 is 14.8 Å². The predicted octanol–water partition coefficient (Wildman–Crippen LogP) is 2.29. The van der Waals surface area contributed by atoms with Gasteiger partial charge in [0, 0.05) is 13.1 Å². The molecule has 1 aromatic heterocycles. The zero-order valence-electron chi connectivity index (χ0n) is 12.4. The summed E-state index contributed by atoms with van der Waals surface area (Å²) in [6.45, 7) is 2.57. The van der Waals surface area contributed by atoms with Gasteiger partial charge < -0.3 is 19.4 Å². The third-order valence-corrected chi connectivity index (χ3v) is 3.41. The molecule has 0 bridgehead atoms. The lowest BCUT2D eigenvalue weighted by Crippen LogP contribution is -2.12. The number of nitrogens with one attached hydrogen (secondary N) is 1. The number of aromatic nitrogens is 2. The number of hydrogen-bond acceptors (Lipinski definition) is 4. The smallest absolute Gasteiger partial charge is 0.161 e. The van der Waals surface area contributed by atoms with Crippen molar-refractivity contribution < 1.29 is 9.47 Å². The van der Waals surface area contributed by atoms with E-state index in [4.69, 9.17) is 9.47 Å². The van der Waals surface area contributed by atoms with Crippen LogP contribution in [-0.4, -0.2) is 23.7 Å². The molecule has 0 radical (unpaired) electrons. The molecule has 0 amide bonds. The Hall–Kier alpha value is -2.01. The average molecular weight is 275 g/mol. The fraction of sp³-hybridized carbons (Fsp3) is 0.400. The highest BCUT2D eigenvalue weighted by molar-refractivity contribution is 5.43. The van der Waals surface area contributed by atoms with Gasteiger partial charge in [0.05, 0.1) is 25.3 Å². The van der Waals surface area contributed by atoms with E-state index in [1.807, 2.05) is 36.9 Å². The van der Waals surface area contributed by atoms with E-state index in [-0.39, 0.29) is 6.04 Å². The largest absolute Gasteiger partial charge is 0.493 e. The van der Waals surface area contributed by atoms with Gasteiger partial charge in [-0.3, -0.25) is 0 Å². The fourth-order valence-electron chi connectivity index (χ4n) is 1.91. The molecule has 5 nitrogen and oxygen atoms in total. The maximum absolute atomic E-state index is 5.82. The average Bonchev–Trinajstić information content (AvgIpc) is 2.89. The van der Waals surface area contributed by atoms with Crippen molar-refractivity contribution in [2.24, 2.45) is 7.05 Å². The lowest BCUT2D eigenvalue weighted by molar-refractivity contribution is 0.277. The molecule has 0 aliphatic rings. The Morgan fingerprint density at radius 2 is 2.15 bits per heavy atom. The Kier molecular flexibility index (Phi) is 4.63. The van der Waals surface area contributed by atoms with Crippen molar-refractivity contribution in [2.75, 3.05) is 14.2 Å². The molecule has 0 aliphatic heterocycles. The van der Waals surface area contributed by atoms with E-state index < -0.39 is 0 Å². The molecular formula is C15H21N3O2. The van der Waals surface area contributed by atoms with E-state index >= 15 is 0 Å². The second kappa shape index (κ2) is 6.43. The standard InChI is InChI=1S/C15H21N3O2/c1-11(16-2)12-5-6-14(15(7-12)19-4)20-9-13-8-17-10-18(13)3/h5-8,10-11,16H,9H2,1-4H3. The van der Waals surface area contributed by atoms with Gasteiger partial charge in [0.1, 0.15) is 6.61 Å². The Balaban J connectivity index is 2.13. The van der Waals surface area contributed by atoms with E-state index in [2.05, 4.69) is 17.2 Å². The highest BCUT2D eigenvalue weighted by Crippen LogP contribution is 2.30. The van der Waals surface area contributed by atoms with Crippen LogP contribution in [0.3, 0.4) is 0 Å². The molecule has 0 saturated heterocycles. The van der Waals surface area contributed by atoms with Crippen molar-refractivity contribution in [3.05, 3.63) is 42.0 Å². The van der Waals surface area contributed by atoms with E-state index in [1.54, 1.807) is 19.6 Å². The van der Waals surface area contributed by atoms with Crippen LogP contribution in [0.4, 0.5) is 0 Å². The molecular weight excluding hydrogens is 254 g/mol. The second-order valence-corrected chi connectivity index (χ2v) is 4.71. The van der Waals surface area contributed by atoms with Crippen LogP contribution in [0.1, 0.15) is 24.2 Å². The Bertz CT molecular complexity index is 566. The van der Waals surface area contributed by atoms with Gasteiger partial charge in [-0.25, -0.2) is 4.98 Å². The summed E-state index contributed by atoms with van der Waals surface area (Å²) in [5, 5.41) is 3.21. The molecule has 20 heavy (non-hydrogen) atoms. The number of benzene rings is 1. The Morgan fingerprint density at radius 3 is 2.75 bits per heavy atom. The third kappa shape index (κ3) is 3.11. The van der Waals surface area contributed by atoms with Crippen LogP contribution in [0.5, 0.6) is 11.5 Å². The van der Waals surface area contributed by atoms with Crippen molar-refractivity contribution in [2.45, 2.75) is 19.6 Å². The maximum atomic E-state index is 5.82. The molecule has 2 aromatic rings. The van der Waals surface area contributed by atoms with Crippen LogP contribution in [0.2, 0.25) is 0 Å². The first-order chi connectivity index (χ1) is 9.65. The van der Waals surface area contributed by atoms with Gasteiger partial charge >= 0.3 is 0 Å². The number of nitrogens with zero attached hydrogens (tertiary/aromatic N) is 2. The molecule has 0 spiro atoms. The Labute approximate surface area is 119 Å². The molecule has 0 saturated carbocycles. The first kappa shape index (κ1) is 14.4. The van der Waals surface area contributed by atoms with Crippen molar-refractivity contribution in [1.82, 2.24) is 14.9 Å². The maximum Gasteiger partial charge on any atom is 0.161 e. The lowest BCUT2D eigenvalue weighted by atomic mass is 10.1. The molecule has 5 heteroatoms. The number of ether oxygens (including phenoxy) is 2. The number of methoxy groups -OCH3 is 1. The fourth-order valence-corrected chi connectivity index (χ4v) is 1.91. The number of hydrogen-bond donors (Lipinski definition) is 1. The quantitative estimate of drug-likeness (QED) is 0.878. The van der Waals surface area contributed by atoms with E-state index in [1.165, 1.54) is 0 Å². The summed E-state index contributed by atoms with van der Waals surface area (Å²) < 4.78 is 13.2. The summed E-state index contributed by atoms with van der Waals surface area (Å²) in [5.74, 6) is 1.48. The number of imidazole rings is 1. The Morgan fingerprint density at radius 1 is 1.35 bits per heavy atom. The van der Waals surface area contributed by atoms with E-state index in [0.29, 0.717) is 6.61 Å². The second-order valence-electron chi connectivity index (χ2n) is 4.71. The minimum absolute atomic E-state index is 0.273. The van der Waals surface area contributed by atoms with Crippen molar-refractivity contribution >= 4 is 0 Å². The minimum Gasteiger partial charge on any atom is -0.493 e. The molecule has 108 valence electrons. The molecule has 1 unspecified atom stereocenters. The van der Waals surface area contributed by atoms with Crippen LogP contribution in [0.25, 0.3) is 0 Å². The lowest BCUT2D eigenvalue weighted by Gasteiger charge is -2.15. The van der Waals surface area contributed by atoms with Crippen LogP contribution in [-0.2, 0) is 13.7 Å². The summed E-state index contributed by atoms with van der Waals surface area (Å²) in [4.78, 5) is 4.07. The summed E-state index contributed by atoms with van der Waals surface area (Å²) in [5.41, 5.74) is 2.18. The van der Waals surface area contributed by atoms with Crippen LogP contribution >= 0.6 is 0 Å². The first-order valence-corrected chi connectivity index (χ1v) is 6.59. The zero-order chi connectivity index (χ0) is 14.5. The van der Waals surface area contributed by atoms with E-state index in [0.717, 1.165) is 22.8 Å². The molecule has 2 rings (SSSR count). The molecule has 0 aliphatic carbocycles. The number of aryl methyl sites for hydroxylation is 1. The molecule has 0 fully saturated rings. The van der Waals surface area contributed by atoms with Crippen LogP contribution in [0, 0.1) is 0 Å². The molecule has 1 heterocycles. The SMILES string of the molecule is CNC(C)c1ccc(OCc2cncn2C)c(OC)c1. The normalized spacial score (nSPS) is 12.2. The summed E-state index contributed by atoms with van der Waals surface area (Å²) in [6, 6.07) is 6.26. The summed E-state index contributed by atoms with van der Waals surface area (Å²) in [6.07, 6.45) is 3.55. The highest BCUT2D eigenvalue weighted by Gasteiger charge is 2.10. The van der Waals surface area contributed by atoms with Crippen molar-refractivity contribution in [3.63, 3.8) is 0 Å². The van der Waals surface area contributed by atoms with Gasteiger partial charge in [-0.05, 0) is 31.7 Å². The highest BCUT2D eigenvalue weighted by atomic mass is 16.5. The van der Waals surface area contributed by atoms with Gasteiger partial charge in [0.15, 0.2) is 11.5 Å². The predicted molar refractivity (Wildman–Crippen MR) is 78.0 cm³/mol. The summed E-state index contributed by atoms with van der Waals surface area (Å²) in [7, 11) is 5.53. The molecule has 1 N–H and O–H groups in total. The van der Waals surface area contributed by atoms with Crippen molar-refractivity contribution in [3.8, 4) is 11.5 Å². The van der Waals surface area contributed by atoms with Crippen LogP contribution in [0.15, 0.2) is 30.7 Å². The molecule has 1 aromatic carbocycles. The van der Waals surface area contributed by atoms with Gasteiger partial charge in [-0.1, -0.05) is 6.07 Å². The van der Waals surface area contributed by atoms with Gasteiger partial charge in [0.2, 0.25) is 0 Å². The van der Waals surface area contributed by atoms with Gasteiger partial charge in [-0.2, -0.15) is 0 Å². The van der Waals surface area contributed by atoms with E-state index in [9.17, 15) is 0 Å². The molecule has 1 atom stereocenters. The topological polar surface area (TPSA) is 48.3 Å². The zero-order valence-corrected chi connectivity index (χ0v) is 12.4. The number of rotatable bonds is 6. The monoisotopic (exact) mass is 275 g/mol. The van der Waals surface area contributed by atoms with Gasteiger partial charge in [-0.15, -0.1) is 0 Å². The summed E-state index contributed by atoms with van der Waals surface area (Å²) >= 11 is 0.